The zero-order valence-corrected chi connectivity index (χ0v) is 11.6. The first-order valence-corrected chi connectivity index (χ1v) is 6.83. The molecule has 2 rings (SSSR count). The quantitative estimate of drug-likeness (QED) is 0.905. The van der Waals surface area contributed by atoms with Gasteiger partial charge in [-0.2, -0.15) is 0 Å². The summed E-state index contributed by atoms with van der Waals surface area (Å²) in [6.07, 6.45) is 4.42. The maximum absolute atomic E-state index is 10.8. The molecular formula is C16H21NO2. The lowest BCUT2D eigenvalue weighted by atomic mass is 9.99. The van der Waals surface area contributed by atoms with Gasteiger partial charge in [-0.1, -0.05) is 23.8 Å². The molecule has 1 aromatic carbocycles. The van der Waals surface area contributed by atoms with E-state index in [1.54, 1.807) is 12.1 Å². The standard InChI is InChI=1S/C16H21NO2/c1-12(2)17-9-7-14(8-10-17)11-13-3-5-15(6-4-13)16(18)19/h3-6,11-12H,7-10H2,1-2H3,(H,18,19). The number of benzene rings is 1. The number of piperidine rings is 1. The summed E-state index contributed by atoms with van der Waals surface area (Å²) < 4.78 is 0. The van der Waals surface area contributed by atoms with E-state index in [1.807, 2.05) is 12.1 Å². The van der Waals surface area contributed by atoms with E-state index in [0.717, 1.165) is 31.5 Å². The van der Waals surface area contributed by atoms with Gasteiger partial charge in [0.1, 0.15) is 0 Å². The molecule has 0 aromatic heterocycles. The van der Waals surface area contributed by atoms with Gasteiger partial charge in [0.2, 0.25) is 0 Å². The summed E-state index contributed by atoms with van der Waals surface area (Å²) in [5, 5.41) is 8.86. The first-order valence-electron chi connectivity index (χ1n) is 6.83. The van der Waals surface area contributed by atoms with Gasteiger partial charge in [-0.25, -0.2) is 4.79 Å². The molecule has 3 heteroatoms. The van der Waals surface area contributed by atoms with Gasteiger partial charge in [-0.15, -0.1) is 0 Å². The number of carboxylic acid groups (broad SMARTS) is 1. The van der Waals surface area contributed by atoms with Crippen LogP contribution in [-0.4, -0.2) is 35.1 Å². The molecule has 0 unspecified atom stereocenters. The molecule has 1 fully saturated rings. The topological polar surface area (TPSA) is 40.5 Å². The molecule has 1 aliphatic rings. The summed E-state index contributed by atoms with van der Waals surface area (Å²) in [6.45, 7) is 6.71. The van der Waals surface area contributed by atoms with E-state index in [-0.39, 0.29) is 0 Å². The Kier molecular flexibility index (Phi) is 4.38. The molecule has 3 nitrogen and oxygen atoms in total. The number of carbonyl (C=O) groups is 1. The molecule has 1 heterocycles. The molecule has 1 saturated heterocycles. The highest BCUT2D eigenvalue weighted by Crippen LogP contribution is 2.21. The fourth-order valence-corrected chi connectivity index (χ4v) is 2.43. The monoisotopic (exact) mass is 259 g/mol. The van der Waals surface area contributed by atoms with Gasteiger partial charge in [-0.05, 0) is 44.4 Å². The number of hydrogen-bond acceptors (Lipinski definition) is 2. The van der Waals surface area contributed by atoms with Crippen LogP contribution in [0.25, 0.3) is 6.08 Å². The number of rotatable bonds is 3. The fraction of sp³-hybridized carbons (Fsp3) is 0.438. The van der Waals surface area contributed by atoms with Crippen LogP contribution in [0.2, 0.25) is 0 Å². The largest absolute Gasteiger partial charge is 0.478 e. The van der Waals surface area contributed by atoms with Crippen molar-refractivity contribution in [3.63, 3.8) is 0 Å². The van der Waals surface area contributed by atoms with Gasteiger partial charge in [0.15, 0.2) is 0 Å². The van der Waals surface area contributed by atoms with Crippen LogP contribution in [0.4, 0.5) is 0 Å². The predicted octanol–water partition coefficient (Wildman–Crippen LogP) is 3.27. The summed E-state index contributed by atoms with van der Waals surface area (Å²) >= 11 is 0. The van der Waals surface area contributed by atoms with Gasteiger partial charge in [0.05, 0.1) is 5.56 Å². The fourth-order valence-electron chi connectivity index (χ4n) is 2.43. The van der Waals surface area contributed by atoms with E-state index in [0.29, 0.717) is 11.6 Å². The SMILES string of the molecule is CC(C)N1CCC(=Cc2ccc(C(=O)O)cc2)CC1. The average molecular weight is 259 g/mol. The maximum atomic E-state index is 10.8. The van der Waals surface area contributed by atoms with E-state index in [2.05, 4.69) is 24.8 Å². The lowest BCUT2D eigenvalue weighted by Gasteiger charge is -2.31. The third-order valence-electron chi connectivity index (χ3n) is 3.70. The van der Waals surface area contributed by atoms with Crippen molar-refractivity contribution in [3.8, 4) is 0 Å². The van der Waals surface area contributed by atoms with Crippen molar-refractivity contribution in [2.75, 3.05) is 13.1 Å². The van der Waals surface area contributed by atoms with Gasteiger partial charge in [0, 0.05) is 19.1 Å². The molecule has 0 spiro atoms. The Hall–Kier alpha value is -1.61. The average Bonchev–Trinajstić information content (AvgIpc) is 2.40. The molecule has 1 N–H and O–H groups in total. The highest BCUT2D eigenvalue weighted by molar-refractivity contribution is 5.87. The minimum atomic E-state index is -0.871. The minimum Gasteiger partial charge on any atom is -0.478 e. The molecule has 1 aromatic rings. The third kappa shape index (κ3) is 3.67. The van der Waals surface area contributed by atoms with Gasteiger partial charge >= 0.3 is 5.97 Å². The molecule has 19 heavy (non-hydrogen) atoms. The van der Waals surface area contributed by atoms with Crippen LogP contribution in [0.3, 0.4) is 0 Å². The number of hydrogen-bond donors (Lipinski definition) is 1. The number of nitrogens with zero attached hydrogens (tertiary/aromatic N) is 1. The summed E-state index contributed by atoms with van der Waals surface area (Å²) in [4.78, 5) is 13.3. The normalized spacial score (nSPS) is 16.7. The highest BCUT2D eigenvalue weighted by Gasteiger charge is 2.15. The van der Waals surface area contributed by atoms with Gasteiger partial charge in [0.25, 0.3) is 0 Å². The van der Waals surface area contributed by atoms with Crippen molar-refractivity contribution in [1.82, 2.24) is 4.90 Å². The van der Waals surface area contributed by atoms with Crippen LogP contribution in [0.1, 0.15) is 42.6 Å². The van der Waals surface area contributed by atoms with Crippen molar-refractivity contribution in [3.05, 3.63) is 41.0 Å². The van der Waals surface area contributed by atoms with Crippen LogP contribution in [0, 0.1) is 0 Å². The maximum Gasteiger partial charge on any atom is 0.335 e. The van der Waals surface area contributed by atoms with Crippen LogP contribution in [0.5, 0.6) is 0 Å². The molecule has 0 amide bonds. The Morgan fingerprint density at radius 2 is 1.79 bits per heavy atom. The van der Waals surface area contributed by atoms with Crippen molar-refractivity contribution in [1.29, 1.82) is 0 Å². The lowest BCUT2D eigenvalue weighted by Crippen LogP contribution is -2.36. The van der Waals surface area contributed by atoms with E-state index < -0.39 is 5.97 Å². The van der Waals surface area contributed by atoms with E-state index in [1.165, 1.54) is 5.57 Å². The molecule has 0 bridgehead atoms. The third-order valence-corrected chi connectivity index (χ3v) is 3.70. The molecule has 1 aliphatic heterocycles. The Morgan fingerprint density at radius 3 is 2.26 bits per heavy atom. The highest BCUT2D eigenvalue weighted by atomic mass is 16.4. The summed E-state index contributed by atoms with van der Waals surface area (Å²) in [5.74, 6) is -0.871. The second-order valence-corrected chi connectivity index (χ2v) is 5.36. The summed E-state index contributed by atoms with van der Waals surface area (Å²) in [7, 11) is 0. The Morgan fingerprint density at radius 1 is 1.21 bits per heavy atom. The van der Waals surface area contributed by atoms with Crippen LogP contribution >= 0.6 is 0 Å². The predicted molar refractivity (Wildman–Crippen MR) is 77.3 cm³/mol. The molecule has 102 valence electrons. The molecule has 0 saturated carbocycles. The van der Waals surface area contributed by atoms with E-state index in [4.69, 9.17) is 5.11 Å². The first kappa shape index (κ1) is 13.8. The summed E-state index contributed by atoms with van der Waals surface area (Å²) in [6, 6.07) is 7.71. The van der Waals surface area contributed by atoms with Crippen molar-refractivity contribution >= 4 is 12.0 Å². The van der Waals surface area contributed by atoms with E-state index in [9.17, 15) is 4.79 Å². The van der Waals surface area contributed by atoms with Crippen molar-refractivity contribution in [2.45, 2.75) is 32.7 Å². The molecular weight excluding hydrogens is 238 g/mol. The van der Waals surface area contributed by atoms with Gasteiger partial charge < -0.3 is 10.0 Å². The summed E-state index contributed by atoms with van der Waals surface area (Å²) in [5.41, 5.74) is 2.90. The number of aromatic carboxylic acids is 1. The number of carboxylic acids is 1. The zero-order valence-electron chi connectivity index (χ0n) is 11.6. The Labute approximate surface area is 114 Å². The Bertz CT molecular complexity index is 464. The van der Waals surface area contributed by atoms with Crippen molar-refractivity contribution in [2.24, 2.45) is 0 Å². The second kappa shape index (κ2) is 6.02. The second-order valence-electron chi connectivity index (χ2n) is 5.36. The zero-order chi connectivity index (χ0) is 13.8. The van der Waals surface area contributed by atoms with Crippen LogP contribution < -0.4 is 0 Å². The number of likely N-dealkylation sites (tertiary alicyclic amines) is 1. The molecule has 0 atom stereocenters. The van der Waals surface area contributed by atoms with Crippen LogP contribution in [0.15, 0.2) is 29.8 Å². The Balaban J connectivity index is 2.00. The van der Waals surface area contributed by atoms with Crippen molar-refractivity contribution < 1.29 is 9.90 Å². The first-order chi connectivity index (χ1) is 9.06. The molecule has 0 aliphatic carbocycles. The van der Waals surface area contributed by atoms with E-state index >= 15 is 0 Å². The lowest BCUT2D eigenvalue weighted by molar-refractivity contribution is 0.0697. The molecule has 0 radical (unpaired) electrons. The van der Waals surface area contributed by atoms with Crippen LogP contribution in [-0.2, 0) is 0 Å². The van der Waals surface area contributed by atoms with Gasteiger partial charge in [-0.3, -0.25) is 0 Å². The smallest absolute Gasteiger partial charge is 0.335 e. The minimum absolute atomic E-state index is 0.344.